The largest absolute Gasteiger partial charge is 0.328 e. The van der Waals surface area contributed by atoms with Gasteiger partial charge in [0.25, 0.3) is 0 Å². The van der Waals surface area contributed by atoms with Crippen LogP contribution in [0.3, 0.4) is 0 Å². The first-order chi connectivity index (χ1) is 7.25. The molecular formula is C13H15NS. The highest BCUT2D eigenvalue weighted by atomic mass is 32.1. The van der Waals surface area contributed by atoms with Gasteiger partial charge in [-0.1, -0.05) is 18.2 Å². The number of fused-ring (bicyclic) bond motifs is 1. The smallest absolute Gasteiger partial charge is 0.0348 e. The number of thiophene rings is 1. The maximum atomic E-state index is 5.87. The first-order valence-electron chi connectivity index (χ1n) is 5.49. The van der Waals surface area contributed by atoms with Crippen molar-refractivity contribution in [2.45, 2.75) is 31.7 Å². The van der Waals surface area contributed by atoms with E-state index in [4.69, 9.17) is 5.73 Å². The molecule has 0 aliphatic heterocycles. The molecule has 0 bridgehead atoms. The zero-order chi connectivity index (χ0) is 10.4. The van der Waals surface area contributed by atoms with Crippen LogP contribution in [-0.4, -0.2) is 6.04 Å². The molecule has 1 heterocycles. The highest BCUT2D eigenvalue weighted by Gasteiger charge is 2.30. The van der Waals surface area contributed by atoms with E-state index >= 15 is 0 Å². The van der Waals surface area contributed by atoms with E-state index in [0.717, 1.165) is 5.92 Å². The molecule has 1 nitrogen and oxygen atoms in total. The molecule has 1 fully saturated rings. The summed E-state index contributed by atoms with van der Waals surface area (Å²) in [6, 6.07) is 9.16. The molecule has 1 aromatic carbocycles. The predicted octanol–water partition coefficient (Wildman–Crippen LogP) is 3.41. The fourth-order valence-corrected chi connectivity index (χ4v) is 3.74. The molecule has 3 rings (SSSR count). The molecular weight excluding hydrogens is 202 g/mol. The third-order valence-electron chi connectivity index (χ3n) is 3.40. The second-order valence-electron chi connectivity index (χ2n) is 4.50. The van der Waals surface area contributed by atoms with Crippen molar-refractivity contribution in [2.75, 3.05) is 0 Å². The second-order valence-corrected chi connectivity index (χ2v) is 5.75. The number of aryl methyl sites for hydroxylation is 1. The zero-order valence-corrected chi connectivity index (χ0v) is 9.68. The molecule has 0 radical (unpaired) electrons. The van der Waals surface area contributed by atoms with Gasteiger partial charge < -0.3 is 5.73 Å². The summed E-state index contributed by atoms with van der Waals surface area (Å²) in [5.74, 6) is 0.719. The van der Waals surface area contributed by atoms with Crippen molar-refractivity contribution < 1.29 is 0 Å². The van der Waals surface area contributed by atoms with Crippen molar-refractivity contribution in [1.82, 2.24) is 0 Å². The van der Waals surface area contributed by atoms with Crippen LogP contribution in [0.4, 0.5) is 0 Å². The van der Waals surface area contributed by atoms with Crippen molar-refractivity contribution in [1.29, 1.82) is 0 Å². The van der Waals surface area contributed by atoms with Crippen LogP contribution in [0.5, 0.6) is 0 Å². The van der Waals surface area contributed by atoms with E-state index in [1.54, 1.807) is 5.56 Å². The van der Waals surface area contributed by atoms with Gasteiger partial charge in [0.1, 0.15) is 0 Å². The van der Waals surface area contributed by atoms with Crippen LogP contribution in [0.15, 0.2) is 24.3 Å². The topological polar surface area (TPSA) is 26.0 Å². The third-order valence-corrected chi connectivity index (χ3v) is 4.50. The van der Waals surface area contributed by atoms with E-state index in [0.29, 0.717) is 6.04 Å². The summed E-state index contributed by atoms with van der Waals surface area (Å²) < 4.78 is 1.42. The lowest BCUT2D eigenvalue weighted by atomic mass is 9.75. The van der Waals surface area contributed by atoms with E-state index in [2.05, 4.69) is 31.2 Å². The molecule has 15 heavy (non-hydrogen) atoms. The normalized spacial score (nSPS) is 25.5. The van der Waals surface area contributed by atoms with Gasteiger partial charge >= 0.3 is 0 Å². The molecule has 0 atom stereocenters. The van der Waals surface area contributed by atoms with Crippen LogP contribution in [0.2, 0.25) is 0 Å². The minimum absolute atomic E-state index is 0.438. The summed E-state index contributed by atoms with van der Waals surface area (Å²) in [5.41, 5.74) is 7.44. The highest BCUT2D eigenvalue weighted by Crippen LogP contribution is 2.44. The van der Waals surface area contributed by atoms with Gasteiger partial charge in [-0.2, -0.15) is 0 Å². The van der Waals surface area contributed by atoms with Crippen molar-refractivity contribution >= 4 is 21.4 Å². The van der Waals surface area contributed by atoms with Crippen LogP contribution >= 0.6 is 11.3 Å². The summed E-state index contributed by atoms with van der Waals surface area (Å²) in [5, 5.41) is 1.46. The van der Waals surface area contributed by atoms with Crippen molar-refractivity contribution in [2.24, 2.45) is 5.73 Å². The Morgan fingerprint density at radius 1 is 1.27 bits per heavy atom. The van der Waals surface area contributed by atoms with E-state index in [1.165, 1.54) is 27.8 Å². The molecule has 78 valence electrons. The first kappa shape index (κ1) is 9.37. The van der Waals surface area contributed by atoms with Gasteiger partial charge in [0.05, 0.1) is 0 Å². The zero-order valence-electron chi connectivity index (χ0n) is 8.86. The highest BCUT2D eigenvalue weighted by molar-refractivity contribution is 7.19. The summed E-state index contributed by atoms with van der Waals surface area (Å²) in [4.78, 5) is 1.48. The monoisotopic (exact) mass is 217 g/mol. The predicted molar refractivity (Wildman–Crippen MR) is 66.5 cm³/mol. The lowest BCUT2D eigenvalue weighted by Crippen LogP contribution is -2.34. The van der Waals surface area contributed by atoms with Crippen LogP contribution in [0.25, 0.3) is 10.1 Å². The van der Waals surface area contributed by atoms with Gasteiger partial charge in [0, 0.05) is 15.6 Å². The fraction of sp³-hybridized carbons (Fsp3) is 0.385. The minimum atomic E-state index is 0.438. The lowest BCUT2D eigenvalue weighted by molar-refractivity contribution is 0.353. The molecule has 1 aromatic heterocycles. The minimum Gasteiger partial charge on any atom is -0.328 e. The first-order valence-corrected chi connectivity index (χ1v) is 6.31. The maximum Gasteiger partial charge on any atom is 0.0348 e. The maximum absolute atomic E-state index is 5.87. The van der Waals surface area contributed by atoms with Gasteiger partial charge in [-0.15, -0.1) is 11.3 Å². The van der Waals surface area contributed by atoms with Gasteiger partial charge in [0.15, 0.2) is 0 Å². The van der Waals surface area contributed by atoms with E-state index in [-0.39, 0.29) is 0 Å². The van der Waals surface area contributed by atoms with Gasteiger partial charge in [-0.05, 0) is 42.7 Å². The number of benzene rings is 1. The Bertz CT molecular complexity index is 494. The van der Waals surface area contributed by atoms with Crippen LogP contribution in [0, 0.1) is 6.92 Å². The van der Waals surface area contributed by atoms with Crippen LogP contribution in [-0.2, 0) is 0 Å². The molecule has 2 N–H and O–H groups in total. The Balaban J connectivity index is 2.12. The Kier molecular flexibility index (Phi) is 2.08. The second kappa shape index (κ2) is 3.32. The Morgan fingerprint density at radius 2 is 2.00 bits per heavy atom. The molecule has 0 saturated heterocycles. The molecule has 2 heteroatoms. The molecule has 1 aliphatic rings. The van der Waals surface area contributed by atoms with Gasteiger partial charge in [0.2, 0.25) is 0 Å². The summed E-state index contributed by atoms with van der Waals surface area (Å²) in [6.07, 6.45) is 2.34. The lowest BCUT2D eigenvalue weighted by Gasteiger charge is -2.33. The summed E-state index contributed by atoms with van der Waals surface area (Å²) in [7, 11) is 0. The summed E-state index contributed by atoms with van der Waals surface area (Å²) >= 11 is 1.92. The number of nitrogens with two attached hydrogens (primary N) is 1. The Morgan fingerprint density at radius 3 is 2.73 bits per heavy atom. The average molecular weight is 217 g/mol. The summed E-state index contributed by atoms with van der Waals surface area (Å²) in [6.45, 7) is 2.24. The average Bonchev–Trinajstić information content (AvgIpc) is 2.49. The quantitative estimate of drug-likeness (QED) is 0.778. The van der Waals surface area contributed by atoms with Crippen molar-refractivity contribution in [3.63, 3.8) is 0 Å². The fourth-order valence-electron chi connectivity index (χ4n) is 2.59. The number of hydrogen-bond acceptors (Lipinski definition) is 2. The van der Waals surface area contributed by atoms with Crippen LogP contribution < -0.4 is 5.73 Å². The van der Waals surface area contributed by atoms with E-state index in [1.807, 2.05) is 11.3 Å². The molecule has 1 saturated carbocycles. The standard InChI is InChI=1S/C13H15NS/c1-8-13(9-6-10(14)7-9)11-4-2-3-5-12(11)15-8/h2-5,9-10H,6-7,14H2,1H3. The third kappa shape index (κ3) is 1.40. The van der Waals surface area contributed by atoms with Crippen LogP contribution in [0.1, 0.15) is 29.2 Å². The van der Waals surface area contributed by atoms with Gasteiger partial charge in [-0.25, -0.2) is 0 Å². The SMILES string of the molecule is Cc1sc2ccccc2c1C1CC(N)C1. The number of hydrogen-bond donors (Lipinski definition) is 1. The van der Waals surface area contributed by atoms with Crippen molar-refractivity contribution in [3.05, 3.63) is 34.7 Å². The molecule has 1 aliphatic carbocycles. The van der Waals surface area contributed by atoms with Crippen molar-refractivity contribution in [3.8, 4) is 0 Å². The number of rotatable bonds is 1. The van der Waals surface area contributed by atoms with E-state index in [9.17, 15) is 0 Å². The molecule has 0 spiro atoms. The molecule has 0 amide bonds. The van der Waals surface area contributed by atoms with Gasteiger partial charge in [-0.3, -0.25) is 0 Å². The Hall–Kier alpha value is -0.860. The Labute approximate surface area is 93.9 Å². The molecule has 2 aromatic rings. The van der Waals surface area contributed by atoms with E-state index < -0.39 is 0 Å². The molecule has 0 unspecified atom stereocenters.